The van der Waals surface area contributed by atoms with Crippen molar-refractivity contribution in [3.05, 3.63) is 84.6 Å². The Balaban J connectivity index is 1.18. The highest BCUT2D eigenvalue weighted by Crippen LogP contribution is 2.27. The van der Waals surface area contributed by atoms with Crippen molar-refractivity contribution >= 4 is 29.4 Å². The third kappa shape index (κ3) is 6.47. The molecule has 0 bridgehead atoms. The smallest absolute Gasteiger partial charge is 0.245 e. The minimum Gasteiger partial charge on any atom is -0.508 e. The Hall–Kier alpha value is -4.77. The second-order valence-corrected chi connectivity index (χ2v) is 8.06. The fraction of sp³-hybridized carbons (Fsp3) is 0.154. The normalized spacial score (nSPS) is 13.5. The van der Waals surface area contributed by atoms with E-state index in [2.05, 4.69) is 30.8 Å². The SMILES string of the molecule is Oc1cccc(Oc2cccc(Nc3ccc(/C=N/Nc4ncc(F)c(N5CCOCC5)n4)nc3)c2)c1. The van der Waals surface area contributed by atoms with Crippen LogP contribution in [0.1, 0.15) is 5.69 Å². The predicted octanol–water partition coefficient (Wildman–Crippen LogP) is 4.53. The quantitative estimate of drug-likeness (QED) is 0.236. The van der Waals surface area contributed by atoms with Gasteiger partial charge in [-0.1, -0.05) is 12.1 Å². The van der Waals surface area contributed by atoms with Gasteiger partial charge in [0.1, 0.15) is 17.2 Å². The molecular formula is C26H24FN7O3. The number of aromatic nitrogens is 3. The molecule has 0 atom stereocenters. The number of hydrogen-bond donors (Lipinski definition) is 3. The number of hydrazone groups is 1. The first kappa shape index (κ1) is 23.9. The number of ether oxygens (including phenoxy) is 2. The number of nitrogens with zero attached hydrogens (tertiary/aromatic N) is 5. The zero-order valence-corrected chi connectivity index (χ0v) is 19.7. The number of hydrogen-bond acceptors (Lipinski definition) is 10. The number of phenols is 1. The molecule has 0 radical (unpaired) electrons. The Kier molecular flexibility index (Phi) is 7.32. The van der Waals surface area contributed by atoms with Crippen molar-refractivity contribution in [3.63, 3.8) is 0 Å². The largest absolute Gasteiger partial charge is 0.508 e. The summed E-state index contributed by atoms with van der Waals surface area (Å²) in [5.74, 6) is 1.22. The van der Waals surface area contributed by atoms with Gasteiger partial charge in [-0.3, -0.25) is 4.98 Å². The molecule has 0 spiro atoms. The summed E-state index contributed by atoms with van der Waals surface area (Å²) in [7, 11) is 0. The average molecular weight is 502 g/mol. The molecule has 1 aliphatic heterocycles. The first-order valence-corrected chi connectivity index (χ1v) is 11.6. The number of nitrogens with one attached hydrogen (secondary N) is 2. The maximum absolute atomic E-state index is 14.2. The number of phenolic OH excluding ortho intramolecular Hbond substituents is 1. The minimum absolute atomic E-state index is 0.139. The van der Waals surface area contributed by atoms with Crippen molar-refractivity contribution in [2.45, 2.75) is 0 Å². The summed E-state index contributed by atoms with van der Waals surface area (Å²) in [5, 5.41) is 17.0. The second-order valence-electron chi connectivity index (χ2n) is 8.06. The number of anilines is 4. The summed E-state index contributed by atoms with van der Waals surface area (Å²) in [5.41, 5.74) is 4.91. The number of rotatable bonds is 8. The fourth-order valence-corrected chi connectivity index (χ4v) is 3.61. The Morgan fingerprint density at radius 3 is 2.57 bits per heavy atom. The molecule has 0 unspecified atom stereocenters. The fourth-order valence-electron chi connectivity index (χ4n) is 3.61. The number of benzene rings is 2. The van der Waals surface area contributed by atoms with Crippen molar-refractivity contribution in [1.29, 1.82) is 0 Å². The van der Waals surface area contributed by atoms with Gasteiger partial charge in [-0.25, -0.2) is 14.8 Å². The Bertz CT molecular complexity index is 1380. The molecule has 188 valence electrons. The lowest BCUT2D eigenvalue weighted by Crippen LogP contribution is -2.37. The summed E-state index contributed by atoms with van der Waals surface area (Å²) in [6.07, 6.45) is 4.32. The number of morpholine rings is 1. The van der Waals surface area contributed by atoms with Crippen LogP contribution in [0.5, 0.6) is 17.2 Å². The molecule has 0 aliphatic carbocycles. The van der Waals surface area contributed by atoms with Gasteiger partial charge in [0.15, 0.2) is 11.6 Å². The van der Waals surface area contributed by atoms with Gasteiger partial charge in [-0.05, 0) is 36.4 Å². The molecule has 4 aromatic rings. The molecule has 2 aromatic heterocycles. The molecule has 10 nitrogen and oxygen atoms in total. The van der Waals surface area contributed by atoms with Crippen molar-refractivity contribution in [2.24, 2.45) is 5.10 Å². The van der Waals surface area contributed by atoms with Gasteiger partial charge in [-0.15, -0.1) is 0 Å². The van der Waals surface area contributed by atoms with Crippen molar-refractivity contribution in [2.75, 3.05) is 41.9 Å². The van der Waals surface area contributed by atoms with E-state index < -0.39 is 5.82 Å². The van der Waals surface area contributed by atoms with E-state index in [1.54, 1.807) is 36.5 Å². The van der Waals surface area contributed by atoms with Crippen LogP contribution in [-0.2, 0) is 4.74 Å². The summed E-state index contributed by atoms with van der Waals surface area (Å²) in [4.78, 5) is 14.4. The molecule has 0 saturated carbocycles. The van der Waals surface area contributed by atoms with Crippen molar-refractivity contribution < 1.29 is 19.0 Å². The van der Waals surface area contributed by atoms with E-state index in [-0.39, 0.29) is 17.5 Å². The lowest BCUT2D eigenvalue weighted by molar-refractivity contribution is 0.122. The van der Waals surface area contributed by atoms with Crippen LogP contribution in [0, 0.1) is 5.82 Å². The maximum atomic E-state index is 14.2. The molecule has 1 aliphatic rings. The van der Waals surface area contributed by atoms with Crippen LogP contribution in [0.2, 0.25) is 0 Å². The Morgan fingerprint density at radius 1 is 0.973 bits per heavy atom. The molecule has 3 N–H and O–H groups in total. The number of pyridine rings is 1. The van der Waals surface area contributed by atoms with E-state index in [0.29, 0.717) is 43.5 Å². The van der Waals surface area contributed by atoms with E-state index in [4.69, 9.17) is 9.47 Å². The summed E-state index contributed by atoms with van der Waals surface area (Å²) < 4.78 is 25.3. The zero-order valence-electron chi connectivity index (χ0n) is 19.7. The highest BCUT2D eigenvalue weighted by atomic mass is 19.1. The maximum Gasteiger partial charge on any atom is 0.245 e. The van der Waals surface area contributed by atoms with Crippen molar-refractivity contribution in [3.8, 4) is 17.2 Å². The van der Waals surface area contributed by atoms with Crippen LogP contribution in [0.3, 0.4) is 0 Å². The molecule has 0 amide bonds. The molecule has 11 heteroatoms. The first-order chi connectivity index (χ1) is 18.1. The van der Waals surface area contributed by atoms with Crippen LogP contribution in [0.4, 0.5) is 27.5 Å². The van der Waals surface area contributed by atoms with Gasteiger partial charge in [0.05, 0.1) is 43.2 Å². The number of halogens is 1. The summed E-state index contributed by atoms with van der Waals surface area (Å²) in [6.45, 7) is 2.18. The van der Waals surface area contributed by atoms with E-state index in [1.165, 1.54) is 6.21 Å². The van der Waals surface area contributed by atoms with E-state index in [9.17, 15) is 9.50 Å². The average Bonchev–Trinajstić information content (AvgIpc) is 2.91. The van der Waals surface area contributed by atoms with Crippen LogP contribution in [0.25, 0.3) is 0 Å². The van der Waals surface area contributed by atoms with Crippen molar-refractivity contribution in [1.82, 2.24) is 15.0 Å². The molecular weight excluding hydrogens is 477 g/mol. The Morgan fingerprint density at radius 2 is 1.78 bits per heavy atom. The van der Waals surface area contributed by atoms with Gasteiger partial charge < -0.3 is 24.8 Å². The van der Waals surface area contributed by atoms with Crippen LogP contribution in [-0.4, -0.2) is 52.6 Å². The lowest BCUT2D eigenvalue weighted by atomic mass is 10.2. The summed E-state index contributed by atoms with van der Waals surface area (Å²) >= 11 is 0. The molecule has 1 fully saturated rings. The minimum atomic E-state index is -0.488. The van der Waals surface area contributed by atoms with Gasteiger partial charge in [0.25, 0.3) is 0 Å². The van der Waals surface area contributed by atoms with E-state index in [0.717, 1.165) is 17.6 Å². The highest BCUT2D eigenvalue weighted by Gasteiger charge is 2.17. The van der Waals surface area contributed by atoms with E-state index in [1.807, 2.05) is 35.2 Å². The third-order valence-corrected chi connectivity index (χ3v) is 5.36. The molecule has 1 saturated heterocycles. The molecule has 3 heterocycles. The van der Waals surface area contributed by atoms with Crippen LogP contribution < -0.4 is 20.4 Å². The Labute approximate surface area is 212 Å². The monoisotopic (exact) mass is 501 g/mol. The zero-order chi connectivity index (χ0) is 25.5. The molecule has 37 heavy (non-hydrogen) atoms. The lowest BCUT2D eigenvalue weighted by Gasteiger charge is -2.27. The molecule has 5 rings (SSSR count). The topological polar surface area (TPSA) is 117 Å². The second kappa shape index (κ2) is 11.3. The summed E-state index contributed by atoms with van der Waals surface area (Å²) in [6, 6.07) is 17.7. The standard InChI is InChI=1S/C26H24FN7O3/c27-24-17-29-26(32-25(24)34-9-11-36-12-10-34)33-30-16-19-7-8-20(15-28-19)31-18-3-1-5-22(13-18)37-23-6-2-4-21(35)14-23/h1-8,13-17,31,35H,9-12H2,(H,29,32,33)/b30-16+. The van der Waals surface area contributed by atoms with Gasteiger partial charge in [0.2, 0.25) is 5.95 Å². The third-order valence-electron chi connectivity index (χ3n) is 5.36. The predicted molar refractivity (Wildman–Crippen MR) is 138 cm³/mol. The highest BCUT2D eigenvalue weighted by molar-refractivity contribution is 5.78. The van der Waals surface area contributed by atoms with Gasteiger partial charge >= 0.3 is 0 Å². The van der Waals surface area contributed by atoms with Crippen LogP contribution >= 0.6 is 0 Å². The van der Waals surface area contributed by atoms with Gasteiger partial charge in [-0.2, -0.15) is 10.1 Å². The van der Waals surface area contributed by atoms with Crippen LogP contribution in [0.15, 0.2) is 78.2 Å². The van der Waals surface area contributed by atoms with E-state index >= 15 is 0 Å². The first-order valence-electron chi connectivity index (χ1n) is 11.6. The van der Waals surface area contributed by atoms with Gasteiger partial charge in [0, 0.05) is 30.9 Å². The molecule has 2 aromatic carbocycles. The number of aromatic hydroxyl groups is 1.